The van der Waals surface area contributed by atoms with Crippen LogP contribution in [0.4, 0.5) is 22.0 Å². The molecule has 0 saturated carbocycles. The van der Waals surface area contributed by atoms with Gasteiger partial charge in [-0.15, -0.1) is 0 Å². The fourth-order valence-corrected chi connectivity index (χ4v) is 3.90. The maximum Gasteiger partial charge on any atom is 0.201 e. The number of aryl methyl sites for hydroxylation is 1. The van der Waals surface area contributed by atoms with Gasteiger partial charge in [0.2, 0.25) is 5.82 Å². The highest BCUT2D eigenvalue weighted by Gasteiger charge is 2.26. The highest BCUT2D eigenvalue weighted by molar-refractivity contribution is 6.07. The zero-order valence-electron chi connectivity index (χ0n) is 17.6. The van der Waals surface area contributed by atoms with Gasteiger partial charge in [0.05, 0.1) is 17.4 Å². The molecule has 32 heavy (non-hydrogen) atoms. The van der Waals surface area contributed by atoms with E-state index >= 15 is 4.39 Å². The Kier molecular flexibility index (Phi) is 6.09. The summed E-state index contributed by atoms with van der Waals surface area (Å²) in [5.74, 6) is -6.64. The number of ether oxygens (including phenoxy) is 1. The molecular formula is C25H21F5O2. The number of fused-ring (bicyclic) bond motifs is 3. The molecule has 168 valence electrons. The quantitative estimate of drug-likeness (QED) is 0.211. The summed E-state index contributed by atoms with van der Waals surface area (Å²) in [6, 6.07) is 6.53. The van der Waals surface area contributed by atoms with Crippen LogP contribution in [0.3, 0.4) is 0 Å². The molecule has 0 amide bonds. The molecule has 0 fully saturated rings. The maximum absolute atomic E-state index is 15.0. The van der Waals surface area contributed by atoms with Gasteiger partial charge in [-0.3, -0.25) is 0 Å². The minimum atomic E-state index is -1.44. The molecule has 0 aliphatic carbocycles. The van der Waals surface area contributed by atoms with Crippen LogP contribution >= 0.6 is 0 Å². The van der Waals surface area contributed by atoms with Crippen molar-refractivity contribution in [3.8, 4) is 16.9 Å². The predicted octanol–water partition coefficient (Wildman–Crippen LogP) is 8.08. The number of benzene rings is 3. The van der Waals surface area contributed by atoms with Gasteiger partial charge in [-0.2, -0.15) is 4.39 Å². The van der Waals surface area contributed by atoms with Gasteiger partial charge in [0.25, 0.3) is 0 Å². The largest absolute Gasteiger partial charge is 0.491 e. The van der Waals surface area contributed by atoms with Gasteiger partial charge >= 0.3 is 0 Å². The number of unbranched alkanes of at least 4 members (excludes halogenated alkanes) is 2. The third kappa shape index (κ3) is 3.70. The van der Waals surface area contributed by atoms with E-state index in [9.17, 15) is 17.6 Å². The van der Waals surface area contributed by atoms with Crippen molar-refractivity contribution in [3.63, 3.8) is 0 Å². The molecule has 0 bridgehead atoms. The van der Waals surface area contributed by atoms with Crippen LogP contribution in [0.2, 0.25) is 0 Å². The second kappa shape index (κ2) is 8.81. The SMILES string of the molecule is CCCCCc1ccc(-c2cc3oc4cc(OCC)c(F)c(F)c4c3c(F)c2F)c(F)c1. The zero-order chi connectivity index (χ0) is 23.0. The smallest absolute Gasteiger partial charge is 0.201 e. The van der Waals surface area contributed by atoms with Crippen molar-refractivity contribution < 1.29 is 31.1 Å². The lowest BCUT2D eigenvalue weighted by Gasteiger charge is -2.09. The topological polar surface area (TPSA) is 22.4 Å². The Hall–Kier alpha value is -3.09. The summed E-state index contributed by atoms with van der Waals surface area (Å²) in [6.45, 7) is 3.72. The molecule has 0 saturated heterocycles. The normalized spacial score (nSPS) is 11.6. The number of rotatable bonds is 7. The molecule has 7 heteroatoms. The van der Waals surface area contributed by atoms with Gasteiger partial charge in [-0.25, -0.2) is 17.6 Å². The number of halogens is 5. The molecule has 4 rings (SSSR count). The van der Waals surface area contributed by atoms with E-state index in [1.165, 1.54) is 12.1 Å². The first-order valence-corrected chi connectivity index (χ1v) is 10.5. The van der Waals surface area contributed by atoms with Crippen LogP contribution in [0.15, 0.2) is 34.7 Å². The molecule has 0 aliphatic rings. The van der Waals surface area contributed by atoms with Crippen LogP contribution in [0, 0.1) is 29.1 Å². The first-order valence-electron chi connectivity index (χ1n) is 10.5. The Bertz CT molecular complexity index is 1310. The van der Waals surface area contributed by atoms with E-state index in [-0.39, 0.29) is 28.9 Å². The number of hydrogen-bond acceptors (Lipinski definition) is 2. The van der Waals surface area contributed by atoms with E-state index in [0.717, 1.165) is 37.0 Å². The average molecular weight is 448 g/mol. The molecule has 4 aromatic rings. The minimum Gasteiger partial charge on any atom is -0.491 e. The van der Waals surface area contributed by atoms with E-state index in [0.29, 0.717) is 6.42 Å². The fourth-order valence-electron chi connectivity index (χ4n) is 3.90. The lowest BCUT2D eigenvalue weighted by molar-refractivity contribution is 0.315. The second-order valence-electron chi connectivity index (χ2n) is 7.61. The van der Waals surface area contributed by atoms with E-state index in [2.05, 4.69) is 6.92 Å². The van der Waals surface area contributed by atoms with Crippen molar-refractivity contribution in [2.45, 2.75) is 39.5 Å². The highest BCUT2D eigenvalue weighted by atomic mass is 19.2. The standard InChI is InChI=1S/C25H21F5O2/c1-3-5-6-7-13-8-9-14(16(26)10-13)15-11-17-20(24(29)22(15)27)21-18(32-17)12-19(31-4-2)23(28)25(21)30/h8-12H,3-7H2,1-2H3. The van der Waals surface area contributed by atoms with Gasteiger partial charge in [0.1, 0.15) is 17.0 Å². The second-order valence-corrected chi connectivity index (χ2v) is 7.61. The Morgan fingerprint density at radius 1 is 0.750 bits per heavy atom. The van der Waals surface area contributed by atoms with E-state index in [1.807, 2.05) is 0 Å². The number of furan rings is 1. The fraction of sp³-hybridized carbons (Fsp3) is 0.280. The summed E-state index contributed by atoms with van der Waals surface area (Å²) in [7, 11) is 0. The summed E-state index contributed by atoms with van der Waals surface area (Å²) in [5, 5.41) is -1.08. The van der Waals surface area contributed by atoms with Crippen LogP contribution < -0.4 is 4.74 Å². The van der Waals surface area contributed by atoms with E-state index in [1.54, 1.807) is 13.0 Å². The first-order chi connectivity index (χ1) is 15.4. The zero-order valence-corrected chi connectivity index (χ0v) is 17.6. The lowest BCUT2D eigenvalue weighted by atomic mass is 9.98. The Labute approximate surface area is 181 Å². The summed E-state index contributed by atoms with van der Waals surface area (Å²) in [6.07, 6.45) is 3.61. The van der Waals surface area contributed by atoms with Gasteiger partial charge < -0.3 is 9.15 Å². The van der Waals surface area contributed by atoms with Crippen LogP contribution in [-0.4, -0.2) is 6.61 Å². The summed E-state index contributed by atoms with van der Waals surface area (Å²) < 4.78 is 84.2. The van der Waals surface area contributed by atoms with Crippen LogP contribution in [-0.2, 0) is 6.42 Å². The third-order valence-electron chi connectivity index (χ3n) is 5.47. The Morgan fingerprint density at radius 3 is 2.09 bits per heavy atom. The maximum atomic E-state index is 15.0. The van der Waals surface area contributed by atoms with Crippen LogP contribution in [0.5, 0.6) is 5.75 Å². The summed E-state index contributed by atoms with van der Waals surface area (Å²) >= 11 is 0. The average Bonchev–Trinajstić information content (AvgIpc) is 3.13. The molecule has 0 unspecified atom stereocenters. The monoisotopic (exact) mass is 448 g/mol. The lowest BCUT2D eigenvalue weighted by Crippen LogP contribution is -1.98. The first kappa shape index (κ1) is 22.1. The van der Waals surface area contributed by atoms with Crippen molar-refractivity contribution in [1.82, 2.24) is 0 Å². The highest BCUT2D eigenvalue weighted by Crippen LogP contribution is 2.41. The van der Waals surface area contributed by atoms with E-state index < -0.39 is 45.6 Å². The van der Waals surface area contributed by atoms with Crippen molar-refractivity contribution in [3.05, 3.63) is 65.0 Å². The van der Waals surface area contributed by atoms with Crippen molar-refractivity contribution in [2.24, 2.45) is 0 Å². The predicted molar refractivity (Wildman–Crippen MR) is 113 cm³/mol. The Balaban J connectivity index is 1.87. The molecule has 1 aromatic heterocycles. The molecule has 0 spiro atoms. The molecule has 1 heterocycles. The third-order valence-corrected chi connectivity index (χ3v) is 5.47. The number of hydrogen-bond donors (Lipinski definition) is 0. The molecule has 0 atom stereocenters. The summed E-state index contributed by atoms with van der Waals surface area (Å²) in [5.41, 5.74) is -0.189. The van der Waals surface area contributed by atoms with Gasteiger partial charge in [0, 0.05) is 17.2 Å². The van der Waals surface area contributed by atoms with Crippen molar-refractivity contribution in [1.29, 1.82) is 0 Å². The molecule has 0 radical (unpaired) electrons. The molecule has 3 aromatic carbocycles. The van der Waals surface area contributed by atoms with E-state index in [4.69, 9.17) is 9.15 Å². The minimum absolute atomic E-state index is 0.0724. The van der Waals surface area contributed by atoms with Crippen molar-refractivity contribution in [2.75, 3.05) is 6.61 Å². The van der Waals surface area contributed by atoms with Crippen LogP contribution in [0.25, 0.3) is 33.1 Å². The van der Waals surface area contributed by atoms with Gasteiger partial charge in [0.15, 0.2) is 23.2 Å². The van der Waals surface area contributed by atoms with Gasteiger partial charge in [-0.1, -0.05) is 31.9 Å². The molecular weight excluding hydrogens is 427 g/mol. The molecule has 2 nitrogen and oxygen atoms in total. The van der Waals surface area contributed by atoms with Crippen molar-refractivity contribution >= 4 is 21.9 Å². The summed E-state index contributed by atoms with van der Waals surface area (Å²) in [4.78, 5) is 0. The Morgan fingerprint density at radius 2 is 1.44 bits per heavy atom. The van der Waals surface area contributed by atoms with Crippen LogP contribution in [0.1, 0.15) is 38.7 Å². The molecule has 0 aliphatic heterocycles. The van der Waals surface area contributed by atoms with Gasteiger partial charge in [-0.05, 0) is 37.5 Å². The molecule has 0 N–H and O–H groups in total.